The molecule has 2 fully saturated rings. The number of carbonyl (C=O) groups is 3. The van der Waals surface area contributed by atoms with Crippen molar-refractivity contribution >= 4 is 17.7 Å². The zero-order chi connectivity index (χ0) is 17.4. The molecule has 4 rings (SSSR count). The molecule has 25 heavy (non-hydrogen) atoms. The van der Waals surface area contributed by atoms with Crippen molar-refractivity contribution in [3.8, 4) is 0 Å². The van der Waals surface area contributed by atoms with Crippen LogP contribution in [0.15, 0.2) is 42.5 Å². The average molecular weight is 338 g/mol. The molecule has 1 saturated carbocycles. The summed E-state index contributed by atoms with van der Waals surface area (Å²) in [5.74, 6) is -0.662. The first-order valence-corrected chi connectivity index (χ1v) is 8.99. The largest absolute Gasteiger partial charge is 0.355 e. The van der Waals surface area contributed by atoms with Gasteiger partial charge in [0, 0.05) is 6.54 Å². The lowest BCUT2D eigenvalue weighted by Crippen LogP contribution is -2.42. The van der Waals surface area contributed by atoms with Crippen LogP contribution < -0.4 is 5.32 Å². The smallest absolute Gasteiger partial charge is 0.240 e. The van der Waals surface area contributed by atoms with Crippen molar-refractivity contribution in [1.82, 2.24) is 10.2 Å². The van der Waals surface area contributed by atoms with E-state index < -0.39 is 0 Å². The fraction of sp³-hybridized carbons (Fsp3) is 0.450. The Balaban J connectivity index is 1.26. The molecule has 1 saturated heterocycles. The van der Waals surface area contributed by atoms with Gasteiger partial charge in [-0.25, -0.2) is 0 Å². The fourth-order valence-electron chi connectivity index (χ4n) is 4.48. The third-order valence-electron chi connectivity index (χ3n) is 5.67. The van der Waals surface area contributed by atoms with E-state index in [9.17, 15) is 14.4 Å². The van der Waals surface area contributed by atoms with E-state index in [1.54, 1.807) is 0 Å². The molecule has 4 atom stereocenters. The molecule has 1 N–H and O–H groups in total. The van der Waals surface area contributed by atoms with Crippen LogP contribution in [0.2, 0.25) is 0 Å². The minimum Gasteiger partial charge on any atom is -0.355 e. The molecule has 1 heterocycles. The molecule has 4 unspecified atom stereocenters. The Hall–Kier alpha value is -2.43. The van der Waals surface area contributed by atoms with Gasteiger partial charge in [-0.3, -0.25) is 19.3 Å². The van der Waals surface area contributed by atoms with Gasteiger partial charge >= 0.3 is 0 Å². The number of hydrogen-bond acceptors (Lipinski definition) is 3. The van der Waals surface area contributed by atoms with E-state index in [0.717, 1.165) is 19.3 Å². The SMILES string of the molecule is O=C(CN1C(=O)C2C3C=CC(C3)C2C1=O)NCCCc1ccccc1. The van der Waals surface area contributed by atoms with Gasteiger partial charge in [0.05, 0.1) is 11.8 Å². The average Bonchev–Trinajstić information content (AvgIpc) is 3.30. The number of carbonyl (C=O) groups excluding carboxylic acids is 3. The lowest BCUT2D eigenvalue weighted by molar-refractivity contribution is -0.144. The quantitative estimate of drug-likeness (QED) is 0.486. The summed E-state index contributed by atoms with van der Waals surface area (Å²) in [7, 11) is 0. The summed E-state index contributed by atoms with van der Waals surface area (Å²) in [5.41, 5.74) is 1.23. The highest BCUT2D eigenvalue weighted by Gasteiger charge is 2.59. The molecule has 1 aromatic rings. The van der Waals surface area contributed by atoms with E-state index in [2.05, 4.69) is 29.6 Å². The number of nitrogens with zero attached hydrogens (tertiary/aromatic N) is 1. The number of benzene rings is 1. The van der Waals surface area contributed by atoms with Crippen LogP contribution in [-0.4, -0.2) is 35.7 Å². The Morgan fingerprint density at radius 1 is 1.04 bits per heavy atom. The monoisotopic (exact) mass is 338 g/mol. The second-order valence-corrected chi connectivity index (χ2v) is 7.20. The Bertz CT molecular complexity index is 698. The van der Waals surface area contributed by atoms with E-state index in [1.807, 2.05) is 18.2 Å². The summed E-state index contributed by atoms with van der Waals surface area (Å²) in [5, 5.41) is 2.82. The van der Waals surface area contributed by atoms with Crippen molar-refractivity contribution in [2.45, 2.75) is 19.3 Å². The van der Waals surface area contributed by atoms with Crippen LogP contribution >= 0.6 is 0 Å². The summed E-state index contributed by atoms with van der Waals surface area (Å²) >= 11 is 0. The lowest BCUT2D eigenvalue weighted by atomic mass is 9.85. The normalized spacial score (nSPS) is 29.4. The van der Waals surface area contributed by atoms with Gasteiger partial charge in [-0.1, -0.05) is 42.5 Å². The highest BCUT2D eigenvalue weighted by molar-refractivity contribution is 6.08. The van der Waals surface area contributed by atoms with Crippen molar-refractivity contribution in [3.05, 3.63) is 48.0 Å². The molecular formula is C20H22N2O3. The van der Waals surface area contributed by atoms with Gasteiger partial charge in [0.25, 0.3) is 0 Å². The summed E-state index contributed by atoms with van der Waals surface area (Å²) in [6, 6.07) is 10.1. The number of hydrogen-bond donors (Lipinski definition) is 1. The molecule has 1 aromatic carbocycles. The number of likely N-dealkylation sites (tertiary alicyclic amines) is 1. The van der Waals surface area contributed by atoms with Gasteiger partial charge in [-0.05, 0) is 36.7 Å². The Morgan fingerprint density at radius 2 is 1.68 bits per heavy atom. The van der Waals surface area contributed by atoms with E-state index >= 15 is 0 Å². The maximum Gasteiger partial charge on any atom is 0.240 e. The van der Waals surface area contributed by atoms with Crippen molar-refractivity contribution in [1.29, 1.82) is 0 Å². The topological polar surface area (TPSA) is 66.5 Å². The van der Waals surface area contributed by atoms with Crippen LogP contribution in [0.3, 0.4) is 0 Å². The maximum absolute atomic E-state index is 12.5. The number of imide groups is 1. The molecule has 1 aliphatic heterocycles. The molecular weight excluding hydrogens is 316 g/mol. The van der Waals surface area contributed by atoms with Crippen LogP contribution in [0.1, 0.15) is 18.4 Å². The van der Waals surface area contributed by atoms with Crippen molar-refractivity contribution in [3.63, 3.8) is 0 Å². The number of aryl methyl sites for hydroxylation is 1. The van der Waals surface area contributed by atoms with E-state index in [4.69, 9.17) is 0 Å². The Morgan fingerprint density at radius 3 is 2.32 bits per heavy atom. The predicted molar refractivity (Wildman–Crippen MR) is 92.2 cm³/mol. The molecule has 5 heteroatoms. The van der Waals surface area contributed by atoms with Gasteiger partial charge in [0.15, 0.2) is 0 Å². The molecule has 3 aliphatic rings. The van der Waals surface area contributed by atoms with Gasteiger partial charge in [-0.2, -0.15) is 0 Å². The second kappa shape index (κ2) is 6.47. The third kappa shape index (κ3) is 2.88. The predicted octanol–water partition coefficient (Wildman–Crippen LogP) is 1.54. The minimum absolute atomic E-state index is 0.143. The summed E-state index contributed by atoms with van der Waals surface area (Å²) < 4.78 is 0. The Kier molecular flexibility index (Phi) is 4.15. The van der Waals surface area contributed by atoms with Crippen LogP contribution in [0.5, 0.6) is 0 Å². The van der Waals surface area contributed by atoms with E-state index in [0.29, 0.717) is 6.54 Å². The van der Waals surface area contributed by atoms with Crippen molar-refractivity contribution in [2.24, 2.45) is 23.7 Å². The number of fused-ring (bicyclic) bond motifs is 5. The molecule has 2 bridgehead atoms. The first kappa shape index (κ1) is 16.1. The zero-order valence-corrected chi connectivity index (χ0v) is 14.1. The highest BCUT2D eigenvalue weighted by atomic mass is 16.2. The third-order valence-corrected chi connectivity index (χ3v) is 5.67. The number of rotatable bonds is 6. The molecule has 130 valence electrons. The van der Waals surface area contributed by atoms with Crippen molar-refractivity contribution < 1.29 is 14.4 Å². The summed E-state index contributed by atoms with van der Waals surface area (Å²) in [4.78, 5) is 38.4. The minimum atomic E-state index is -0.255. The lowest BCUT2D eigenvalue weighted by Gasteiger charge is -2.16. The molecule has 5 nitrogen and oxygen atoms in total. The van der Waals surface area contributed by atoms with E-state index in [-0.39, 0.29) is 47.9 Å². The van der Waals surface area contributed by atoms with Gasteiger partial charge in [-0.15, -0.1) is 0 Å². The Labute approximate surface area is 147 Å². The fourth-order valence-corrected chi connectivity index (χ4v) is 4.48. The van der Waals surface area contributed by atoms with Crippen LogP contribution in [-0.2, 0) is 20.8 Å². The molecule has 0 radical (unpaired) electrons. The zero-order valence-electron chi connectivity index (χ0n) is 14.1. The first-order chi connectivity index (χ1) is 12.1. The van der Waals surface area contributed by atoms with Crippen molar-refractivity contribution in [2.75, 3.05) is 13.1 Å². The number of allylic oxidation sites excluding steroid dienone is 2. The van der Waals surface area contributed by atoms with Gasteiger partial charge in [0.1, 0.15) is 6.54 Å². The van der Waals surface area contributed by atoms with Crippen LogP contribution in [0, 0.1) is 23.7 Å². The number of amides is 3. The highest BCUT2D eigenvalue weighted by Crippen LogP contribution is 2.52. The summed E-state index contributed by atoms with van der Waals surface area (Å²) in [6.07, 6.45) is 6.75. The molecule has 0 aromatic heterocycles. The van der Waals surface area contributed by atoms with Gasteiger partial charge in [0.2, 0.25) is 17.7 Å². The first-order valence-electron chi connectivity index (χ1n) is 8.99. The maximum atomic E-state index is 12.5. The standard InChI is InChI=1S/C20H22N2O3/c23-16(21-10-4-7-13-5-2-1-3-6-13)12-22-19(24)17-14-8-9-15(11-14)18(17)20(22)25/h1-3,5-6,8-9,14-15,17-18H,4,7,10-12H2,(H,21,23). The van der Waals surface area contributed by atoms with Crippen LogP contribution in [0.4, 0.5) is 0 Å². The molecule has 2 aliphatic carbocycles. The van der Waals surface area contributed by atoms with Crippen LogP contribution in [0.25, 0.3) is 0 Å². The second-order valence-electron chi connectivity index (χ2n) is 7.20. The molecule has 3 amide bonds. The van der Waals surface area contributed by atoms with E-state index in [1.165, 1.54) is 10.5 Å². The summed E-state index contributed by atoms with van der Waals surface area (Å²) in [6.45, 7) is 0.402. The molecule has 0 spiro atoms. The van der Waals surface area contributed by atoms with Gasteiger partial charge < -0.3 is 5.32 Å². The number of nitrogens with one attached hydrogen (secondary N) is 1.